The van der Waals surface area contributed by atoms with Crippen LogP contribution in [0.3, 0.4) is 0 Å². The van der Waals surface area contributed by atoms with E-state index >= 15 is 0 Å². The number of imide groups is 2. The number of nitrogens with one attached hydrogen (secondary N) is 2. The lowest BCUT2D eigenvalue weighted by molar-refractivity contribution is -0.197. The molecule has 27 nitrogen and oxygen atoms in total. The fraction of sp³-hybridized carbons (Fsp3) is 0.820. The fourth-order valence-corrected chi connectivity index (χ4v) is 16.4. The van der Waals surface area contributed by atoms with E-state index in [0.717, 1.165) is 108 Å². The van der Waals surface area contributed by atoms with Crippen molar-refractivity contribution in [3.05, 3.63) is 24.3 Å². The lowest BCUT2D eigenvalue weighted by Gasteiger charge is -2.24. The molecule has 0 aromatic rings. The molecule has 0 radical (unpaired) electrons. The summed E-state index contributed by atoms with van der Waals surface area (Å²) >= 11 is 0. The number of carbonyl (C=O) groups is 12. The minimum atomic E-state index is -3.65. The van der Waals surface area contributed by atoms with E-state index < -0.39 is 93.1 Å². The van der Waals surface area contributed by atoms with Crippen molar-refractivity contribution >= 4 is 85.9 Å². The number of rotatable bonds is 66. The number of nitrogens with zero attached hydrogens (tertiary/aromatic N) is 3. The summed E-state index contributed by atoms with van der Waals surface area (Å²) in [5, 5.41) is 6.01. The number of hydrogen-bond acceptors (Lipinski definition) is 23. The van der Waals surface area contributed by atoms with Gasteiger partial charge in [0, 0.05) is 70.2 Å². The molecule has 0 aromatic heterocycles. The molecule has 2 heterocycles. The van der Waals surface area contributed by atoms with E-state index in [2.05, 4.69) is 36.3 Å². The Kier molecular flexibility index (Phi) is 67.8. The fourth-order valence-electron chi connectivity index (χ4n) is 13.2. The highest BCUT2D eigenvalue weighted by Crippen LogP contribution is 2.56. The summed E-state index contributed by atoms with van der Waals surface area (Å²) in [6.07, 6.45) is 38.9. The third kappa shape index (κ3) is 58.9. The summed E-state index contributed by atoms with van der Waals surface area (Å²) in [6.45, 7) is 28.6. The molecule has 0 aromatic carbocycles. The van der Waals surface area contributed by atoms with Crippen LogP contribution in [0.25, 0.3) is 0 Å². The zero-order valence-corrected chi connectivity index (χ0v) is 78.0. The molecule has 3 rings (SSSR count). The SMILES string of the molecule is CCN(CC)CC.CCOP(=O)(OCC)C(F)CCCCCCCCCCCCCCCC(=O)NC(CCC(=O)CCCCCC1C(=O)C=CC1=O)C(=O)OC(C)(C)C.CCOP(=O)(OCC)C(F)CCCCCCCCCCCCCCCC(=O)NC(CN)C(=O)OC(C)(C)C.O=C(CCCCCN1C(=O)C=CC1=O)ON1C(=O)CCC1=O.[2H]CF. The highest BCUT2D eigenvalue weighted by molar-refractivity contribution is 7.54. The predicted octanol–water partition coefficient (Wildman–Crippen LogP) is 19.0. The van der Waals surface area contributed by atoms with E-state index in [-0.39, 0.29) is 119 Å². The second-order valence-corrected chi connectivity index (χ2v) is 36.7. The Hall–Kier alpha value is -5.87. The van der Waals surface area contributed by atoms with Gasteiger partial charge in [-0.3, -0.25) is 61.6 Å². The first-order valence-corrected chi connectivity index (χ1v) is 48.4. The van der Waals surface area contributed by atoms with Gasteiger partial charge in [0.2, 0.25) is 23.6 Å². The number of amides is 6. The number of carbonyl (C=O) groups excluding carboxylic acids is 12. The summed E-state index contributed by atoms with van der Waals surface area (Å²) < 4.78 is 100. The molecule has 0 bridgehead atoms. The van der Waals surface area contributed by atoms with E-state index in [1.807, 2.05) is 0 Å². The van der Waals surface area contributed by atoms with Gasteiger partial charge in [0.1, 0.15) is 29.1 Å². The zero-order chi connectivity index (χ0) is 92.2. The van der Waals surface area contributed by atoms with Gasteiger partial charge in [-0.2, -0.15) is 0 Å². The number of hydrogen-bond donors (Lipinski definition) is 3. The maximum atomic E-state index is 14.4. The Morgan fingerprint density at radius 2 is 0.793 bits per heavy atom. The number of ether oxygens (including phenoxy) is 2. The smallest absolute Gasteiger partial charge is 0.364 e. The number of alkyl halides is 3. The molecular formula is C89H159F3N6O21P2. The van der Waals surface area contributed by atoms with E-state index in [0.29, 0.717) is 82.2 Å². The van der Waals surface area contributed by atoms with Crippen LogP contribution >= 0.6 is 15.2 Å². The summed E-state index contributed by atoms with van der Waals surface area (Å²) in [5.41, 5.74) is 4.29. The predicted molar refractivity (Wildman–Crippen MR) is 467 cm³/mol. The summed E-state index contributed by atoms with van der Waals surface area (Å²) in [5.74, 6) is -7.62. The van der Waals surface area contributed by atoms with Gasteiger partial charge in [-0.15, -0.1) is 5.06 Å². The van der Waals surface area contributed by atoms with Crippen LogP contribution in [0.15, 0.2) is 24.3 Å². The molecule has 2 aliphatic heterocycles. The molecule has 4 N–H and O–H groups in total. The topological polar surface area (TPSA) is 363 Å². The summed E-state index contributed by atoms with van der Waals surface area (Å²) in [4.78, 5) is 151. The largest absolute Gasteiger partial charge is 0.458 e. The van der Waals surface area contributed by atoms with Crippen LogP contribution < -0.4 is 16.4 Å². The van der Waals surface area contributed by atoms with Crippen molar-refractivity contribution in [3.63, 3.8) is 0 Å². The Balaban J connectivity index is 0. The minimum absolute atomic E-state index is 0.00687. The van der Waals surface area contributed by atoms with Gasteiger partial charge in [-0.1, -0.05) is 181 Å². The second-order valence-electron chi connectivity index (χ2n) is 32.4. The zero-order valence-electron chi connectivity index (χ0n) is 77.2. The van der Waals surface area contributed by atoms with E-state index in [1.165, 1.54) is 102 Å². The van der Waals surface area contributed by atoms with Crippen molar-refractivity contribution in [2.75, 3.05) is 66.3 Å². The molecule has 1 saturated heterocycles. The van der Waals surface area contributed by atoms with Crippen LogP contribution in [-0.2, 0) is 99.1 Å². The normalized spacial score (nSPS) is 14.7. The standard InChI is InChI=1S/C40H69FNO9P.C28H56FN2O6P.C14H16N2O6.C6H15N.CH3F/c1-6-49-52(48,50-7-2)37(41)26-22-17-15-13-11-9-8-10-12-14-16-18-23-27-38(46)42-34(39(47)51-40(3,4)5)29-28-32(43)24-20-19-21-25-33-35(44)30-31-36(33)45;1-6-35-38(34,36-7-2)25(29)21-19-17-15-13-11-9-8-10-12-14-16-18-20-22-26(32)31-24(23-30)27(33)37-28(3,4)5;17-10-5-6-11(18)15(10)9-3-1-2-4-14(21)22-16-12(19)7-8-13(16)20;1-4-7(5-2)6-3;1-2/h30-31,33-34,37H,6-29H2,1-5H3,(H,42,46);24-25H,6-23,30H2,1-5H3,(H,31,32);5-6H,1-4,7-9H2;4-6H2,1-3H3;1H3/i;;;;1D. The van der Waals surface area contributed by atoms with Gasteiger partial charge in [-0.25, -0.2) is 23.2 Å². The number of unbranched alkanes of at least 4 members (excludes halogenated alkanes) is 28. The lowest BCUT2D eigenvalue weighted by atomic mass is 9.96. The summed E-state index contributed by atoms with van der Waals surface area (Å²) in [7, 11) is -8.27. The first-order valence-electron chi connectivity index (χ1n) is 45.9. The van der Waals surface area contributed by atoms with Gasteiger partial charge >= 0.3 is 33.1 Å². The molecule has 6 amide bonds. The van der Waals surface area contributed by atoms with Crippen molar-refractivity contribution in [2.45, 2.75) is 401 Å². The van der Waals surface area contributed by atoms with Crippen LogP contribution in [0.2, 0.25) is 0 Å². The van der Waals surface area contributed by atoms with Crippen molar-refractivity contribution in [3.8, 4) is 0 Å². The highest BCUT2D eigenvalue weighted by Gasteiger charge is 2.38. The summed E-state index contributed by atoms with van der Waals surface area (Å²) in [6, 6.07) is -1.67. The third-order valence-corrected chi connectivity index (χ3v) is 24.2. The molecule has 4 unspecified atom stereocenters. The first-order chi connectivity index (χ1) is 58.0. The molecule has 121 heavy (non-hydrogen) atoms. The molecule has 0 spiro atoms. The van der Waals surface area contributed by atoms with Gasteiger partial charge in [0.05, 0.1) is 40.9 Å². The number of allylic oxidation sites excluding steroid dienone is 2. The van der Waals surface area contributed by atoms with Crippen LogP contribution in [-0.4, -0.2) is 187 Å². The average molecular weight is 1770 g/mol. The Labute approximate surface area is 725 Å². The number of ketones is 3. The Morgan fingerprint density at radius 1 is 0.471 bits per heavy atom. The maximum Gasteiger partial charge on any atom is 0.364 e. The number of halogens is 3. The molecule has 4 atom stereocenters. The third-order valence-electron chi connectivity index (χ3n) is 19.9. The Bertz CT molecular complexity index is 3040. The number of hydroxylamine groups is 2. The van der Waals surface area contributed by atoms with E-state index in [1.54, 1.807) is 69.2 Å². The molecule has 32 heteroatoms. The van der Waals surface area contributed by atoms with Crippen LogP contribution in [0.5, 0.6) is 0 Å². The molecule has 1 fully saturated rings. The maximum absolute atomic E-state index is 14.4. The number of Topliss-reactive ketones (excluding diaryl/α,β-unsaturated/α-hetero) is 1. The van der Waals surface area contributed by atoms with Crippen molar-refractivity contribution in [2.24, 2.45) is 11.7 Å². The van der Waals surface area contributed by atoms with Crippen molar-refractivity contribution < 1.29 is 114 Å². The molecule has 3 aliphatic rings. The van der Waals surface area contributed by atoms with Gasteiger partial charge < -0.3 is 53.7 Å². The average Bonchev–Trinajstić information content (AvgIpc) is 1.72. The van der Waals surface area contributed by atoms with Gasteiger partial charge in [-0.05, 0) is 172 Å². The quantitative estimate of drug-likeness (QED) is 0.0167. The highest BCUT2D eigenvalue weighted by atomic mass is 31.2. The van der Waals surface area contributed by atoms with Gasteiger partial charge in [0.15, 0.2) is 11.6 Å². The molecule has 702 valence electrons. The van der Waals surface area contributed by atoms with Crippen LogP contribution in [0.1, 0.15) is 367 Å². The lowest BCUT2D eigenvalue weighted by Crippen LogP contribution is -2.48. The molecule has 0 saturated carbocycles. The Morgan fingerprint density at radius 3 is 1.14 bits per heavy atom. The van der Waals surface area contributed by atoms with Gasteiger partial charge in [0.25, 0.3) is 23.6 Å². The molecular weight excluding hydrogens is 1610 g/mol. The molecule has 1 aliphatic carbocycles. The minimum Gasteiger partial charge on any atom is -0.458 e. The van der Waals surface area contributed by atoms with E-state index in [9.17, 15) is 79.8 Å². The number of esters is 2. The number of nitrogens with two attached hydrogens (primary N) is 1. The van der Waals surface area contributed by atoms with Crippen LogP contribution in [0.4, 0.5) is 13.2 Å². The monoisotopic (exact) mass is 1770 g/mol. The van der Waals surface area contributed by atoms with Crippen molar-refractivity contribution in [1.82, 2.24) is 25.5 Å². The van der Waals surface area contributed by atoms with E-state index in [4.69, 9.17) is 39.5 Å². The van der Waals surface area contributed by atoms with Crippen LogP contribution in [0, 0.1) is 5.92 Å². The van der Waals surface area contributed by atoms with Crippen molar-refractivity contribution in [1.29, 1.82) is 0 Å². The first kappa shape index (κ1) is 115. The second kappa shape index (κ2) is 71.3.